The van der Waals surface area contributed by atoms with Crippen LogP contribution in [-0.2, 0) is 11.3 Å². The fourth-order valence-corrected chi connectivity index (χ4v) is 2.56. The average molecular weight is 369 g/mol. The molecule has 3 rings (SSSR count). The van der Waals surface area contributed by atoms with Gasteiger partial charge < -0.3 is 20.3 Å². The number of carbonyl (C=O) groups excluding carboxylic acids is 2. The number of para-hydroxylation sites is 1. The maximum absolute atomic E-state index is 12.5. The Balaban J connectivity index is 1.85. The van der Waals surface area contributed by atoms with Gasteiger partial charge in [-0.1, -0.05) is 48.5 Å². The van der Waals surface area contributed by atoms with Gasteiger partial charge in [-0.05, 0) is 11.6 Å². The number of amides is 1. The molecule has 0 bridgehead atoms. The summed E-state index contributed by atoms with van der Waals surface area (Å²) in [4.78, 5) is 24.9. The zero-order chi connectivity index (χ0) is 19.2. The third-order valence-corrected chi connectivity index (χ3v) is 3.96. The number of nitrogens with zero attached hydrogens (tertiary/aromatic N) is 2. The molecule has 140 valence electrons. The largest absolute Gasteiger partial charge is 0.443 e. The van der Waals surface area contributed by atoms with Crippen molar-refractivity contribution in [3.8, 4) is 0 Å². The highest BCUT2D eigenvalue weighted by molar-refractivity contribution is 6.06. The number of fused-ring (bicyclic) bond motifs is 1. The van der Waals surface area contributed by atoms with Gasteiger partial charge in [-0.25, -0.2) is 4.79 Å². The third-order valence-electron chi connectivity index (χ3n) is 3.96. The summed E-state index contributed by atoms with van der Waals surface area (Å²) in [5.74, 6) is -0.603. The van der Waals surface area contributed by atoms with Crippen molar-refractivity contribution in [3.05, 3.63) is 65.9 Å². The molecule has 2 aromatic carbocycles. The maximum atomic E-state index is 12.5. The summed E-state index contributed by atoms with van der Waals surface area (Å²) in [6.45, 7) is -0.757. The van der Waals surface area contributed by atoms with E-state index in [1.165, 1.54) is 0 Å². The summed E-state index contributed by atoms with van der Waals surface area (Å²) >= 11 is 0. The fourth-order valence-electron chi connectivity index (χ4n) is 2.56. The molecule has 8 heteroatoms. The third kappa shape index (κ3) is 4.13. The minimum atomic E-state index is -0.813. The van der Waals surface area contributed by atoms with E-state index in [-0.39, 0.29) is 12.3 Å². The summed E-state index contributed by atoms with van der Waals surface area (Å²) < 4.78 is 6.32. The topological polar surface area (TPSA) is 114 Å². The van der Waals surface area contributed by atoms with Crippen molar-refractivity contribution in [2.45, 2.75) is 12.6 Å². The Hall–Kier alpha value is -3.23. The van der Waals surface area contributed by atoms with Gasteiger partial charge in [-0.15, -0.1) is 0 Å². The number of carbonyl (C=O) groups is 2. The highest BCUT2D eigenvalue weighted by atomic mass is 16.6. The van der Waals surface area contributed by atoms with Crippen LogP contribution in [0.4, 0.5) is 4.79 Å². The van der Waals surface area contributed by atoms with Gasteiger partial charge in [-0.2, -0.15) is 9.78 Å². The van der Waals surface area contributed by atoms with Gasteiger partial charge in [0.2, 0.25) is 0 Å². The first-order valence-corrected chi connectivity index (χ1v) is 8.35. The molecule has 3 aromatic rings. The van der Waals surface area contributed by atoms with Crippen LogP contribution in [0.3, 0.4) is 0 Å². The van der Waals surface area contributed by atoms with Crippen LogP contribution in [0.15, 0.2) is 54.6 Å². The van der Waals surface area contributed by atoms with Gasteiger partial charge in [0.15, 0.2) is 5.69 Å². The highest BCUT2D eigenvalue weighted by Crippen LogP contribution is 2.19. The zero-order valence-electron chi connectivity index (χ0n) is 14.4. The molecule has 0 atom stereocenters. The Bertz CT molecular complexity index is 935. The Kier molecular flexibility index (Phi) is 5.80. The number of nitrogens with one attached hydrogen (secondary N) is 1. The smallest absolute Gasteiger partial charge is 0.435 e. The van der Waals surface area contributed by atoms with Crippen molar-refractivity contribution in [1.29, 1.82) is 0 Å². The van der Waals surface area contributed by atoms with Crippen molar-refractivity contribution >= 4 is 22.9 Å². The number of hydrogen-bond acceptors (Lipinski definition) is 6. The van der Waals surface area contributed by atoms with Gasteiger partial charge in [0, 0.05) is 5.39 Å². The Morgan fingerprint density at radius 1 is 1.04 bits per heavy atom. The van der Waals surface area contributed by atoms with Gasteiger partial charge in [0.25, 0.3) is 5.91 Å². The van der Waals surface area contributed by atoms with Crippen LogP contribution in [-0.4, -0.2) is 51.2 Å². The molecule has 0 radical (unpaired) electrons. The van der Waals surface area contributed by atoms with Crippen LogP contribution in [0.1, 0.15) is 16.1 Å². The predicted octanol–water partition coefficient (Wildman–Crippen LogP) is 1.30. The molecule has 0 aliphatic rings. The Labute approximate surface area is 155 Å². The van der Waals surface area contributed by atoms with Gasteiger partial charge in [-0.3, -0.25) is 4.79 Å². The summed E-state index contributed by atoms with van der Waals surface area (Å²) in [5.41, 5.74) is 1.26. The van der Waals surface area contributed by atoms with E-state index >= 15 is 0 Å². The number of benzene rings is 2. The number of ether oxygens (including phenoxy) is 1. The number of aliphatic hydroxyl groups is 2. The number of aliphatic hydroxyl groups excluding tert-OH is 2. The first kappa shape index (κ1) is 18.6. The standard InChI is InChI=1S/C19H19N3O5/c23-10-14(11-24)20-18(25)17-15-8-4-5-9-16(15)22(21-17)19(26)27-12-13-6-2-1-3-7-13/h1-9,14,23-24H,10-12H2,(H,20,25). The molecule has 8 nitrogen and oxygen atoms in total. The van der Waals surface area contributed by atoms with E-state index in [0.717, 1.165) is 10.2 Å². The van der Waals surface area contributed by atoms with Crippen molar-refractivity contribution < 1.29 is 24.5 Å². The van der Waals surface area contributed by atoms with E-state index in [1.54, 1.807) is 24.3 Å². The molecule has 3 N–H and O–H groups in total. The van der Waals surface area contributed by atoms with E-state index in [1.807, 2.05) is 30.3 Å². The monoisotopic (exact) mass is 369 g/mol. The van der Waals surface area contributed by atoms with Gasteiger partial charge in [0.1, 0.15) is 6.61 Å². The first-order chi connectivity index (χ1) is 13.1. The molecule has 0 spiro atoms. The molecule has 0 aliphatic carbocycles. The van der Waals surface area contributed by atoms with Gasteiger partial charge in [0.05, 0.1) is 24.8 Å². The van der Waals surface area contributed by atoms with E-state index in [9.17, 15) is 9.59 Å². The SMILES string of the molecule is O=C(NC(CO)CO)c1nn(C(=O)OCc2ccccc2)c2ccccc12. The molecule has 1 heterocycles. The summed E-state index contributed by atoms with van der Waals surface area (Å²) in [6.07, 6.45) is -0.713. The lowest BCUT2D eigenvalue weighted by molar-refractivity contribution is 0.0875. The molecular weight excluding hydrogens is 350 g/mol. The highest BCUT2D eigenvalue weighted by Gasteiger charge is 2.22. The van der Waals surface area contributed by atoms with Gasteiger partial charge >= 0.3 is 6.09 Å². The molecule has 1 amide bonds. The fraction of sp³-hybridized carbons (Fsp3) is 0.211. The number of aromatic nitrogens is 2. The van der Waals surface area contributed by atoms with E-state index in [4.69, 9.17) is 14.9 Å². The van der Waals surface area contributed by atoms with Crippen LogP contribution in [0.5, 0.6) is 0 Å². The van der Waals surface area contributed by atoms with Crippen molar-refractivity contribution in [2.24, 2.45) is 0 Å². The summed E-state index contributed by atoms with van der Waals surface area (Å²) in [7, 11) is 0. The lowest BCUT2D eigenvalue weighted by atomic mass is 10.2. The minimum Gasteiger partial charge on any atom is -0.443 e. The molecule has 0 saturated carbocycles. The van der Waals surface area contributed by atoms with Crippen LogP contribution in [0, 0.1) is 0 Å². The summed E-state index contributed by atoms with van der Waals surface area (Å²) in [6, 6.07) is 15.1. The molecule has 1 aromatic heterocycles. The molecule has 0 unspecified atom stereocenters. The van der Waals surface area contributed by atoms with Crippen LogP contribution >= 0.6 is 0 Å². The average Bonchev–Trinajstić information content (AvgIpc) is 3.11. The number of hydrogen-bond donors (Lipinski definition) is 3. The summed E-state index contributed by atoms with van der Waals surface area (Å²) in [5, 5.41) is 25.3. The van der Waals surface area contributed by atoms with E-state index < -0.39 is 31.3 Å². The zero-order valence-corrected chi connectivity index (χ0v) is 14.4. The molecular formula is C19H19N3O5. The van der Waals surface area contributed by atoms with E-state index in [2.05, 4.69) is 10.4 Å². The lowest BCUT2D eigenvalue weighted by Crippen LogP contribution is -2.40. The van der Waals surface area contributed by atoms with Crippen molar-refractivity contribution in [1.82, 2.24) is 15.1 Å². The van der Waals surface area contributed by atoms with Crippen LogP contribution in [0.25, 0.3) is 10.9 Å². The second-order valence-corrected chi connectivity index (χ2v) is 5.85. The van der Waals surface area contributed by atoms with Crippen molar-refractivity contribution in [2.75, 3.05) is 13.2 Å². The second-order valence-electron chi connectivity index (χ2n) is 5.85. The quantitative estimate of drug-likeness (QED) is 0.604. The lowest BCUT2D eigenvalue weighted by Gasteiger charge is -2.11. The van der Waals surface area contributed by atoms with Crippen LogP contribution in [0.2, 0.25) is 0 Å². The normalized spacial score (nSPS) is 10.9. The van der Waals surface area contributed by atoms with E-state index in [0.29, 0.717) is 10.9 Å². The molecule has 27 heavy (non-hydrogen) atoms. The second kappa shape index (κ2) is 8.43. The number of rotatable bonds is 6. The maximum Gasteiger partial charge on any atom is 0.435 e. The predicted molar refractivity (Wildman–Crippen MR) is 97.2 cm³/mol. The Morgan fingerprint density at radius 3 is 2.41 bits per heavy atom. The molecule has 0 saturated heterocycles. The molecule has 0 fully saturated rings. The molecule has 0 aliphatic heterocycles. The first-order valence-electron chi connectivity index (χ1n) is 8.35. The van der Waals surface area contributed by atoms with Crippen LogP contribution < -0.4 is 5.32 Å². The van der Waals surface area contributed by atoms with Crippen molar-refractivity contribution in [3.63, 3.8) is 0 Å². The minimum absolute atomic E-state index is 0.00848. The Morgan fingerprint density at radius 2 is 1.70 bits per heavy atom.